The van der Waals surface area contributed by atoms with E-state index in [9.17, 15) is 4.79 Å². The van der Waals surface area contributed by atoms with Gasteiger partial charge >= 0.3 is 5.97 Å². The third-order valence-electron chi connectivity index (χ3n) is 2.41. The molecule has 0 spiro atoms. The Labute approximate surface area is 118 Å². The number of benzene rings is 2. The first kappa shape index (κ1) is 13.3. The first-order chi connectivity index (χ1) is 9.16. The van der Waals surface area contributed by atoms with Crippen LogP contribution >= 0.6 is 15.9 Å². The van der Waals surface area contributed by atoms with Gasteiger partial charge in [0.05, 0.1) is 17.5 Å². The number of anilines is 1. The van der Waals surface area contributed by atoms with Gasteiger partial charge in [0.2, 0.25) is 0 Å². The molecule has 0 atom stereocenters. The quantitative estimate of drug-likeness (QED) is 0.669. The van der Waals surface area contributed by atoms with Gasteiger partial charge in [0.25, 0.3) is 0 Å². The zero-order valence-corrected chi connectivity index (χ0v) is 11.5. The third-order valence-corrected chi connectivity index (χ3v) is 2.90. The number of carboxylic acids is 1. The van der Waals surface area contributed by atoms with E-state index in [1.165, 1.54) is 6.07 Å². The summed E-state index contributed by atoms with van der Waals surface area (Å²) in [5, 5.41) is 13.1. The van der Waals surface area contributed by atoms with Gasteiger partial charge in [-0.2, -0.15) is 5.10 Å². The lowest BCUT2D eigenvalue weighted by atomic mass is 10.2. The molecular formula is C14H11BrN2O2. The van der Waals surface area contributed by atoms with Crippen LogP contribution in [0.25, 0.3) is 0 Å². The Morgan fingerprint density at radius 2 is 1.95 bits per heavy atom. The highest BCUT2D eigenvalue weighted by Crippen LogP contribution is 2.21. The van der Waals surface area contributed by atoms with Crippen LogP contribution in [0.5, 0.6) is 0 Å². The second kappa shape index (κ2) is 6.15. The molecule has 0 unspecified atom stereocenters. The summed E-state index contributed by atoms with van der Waals surface area (Å²) in [6, 6.07) is 14.5. The van der Waals surface area contributed by atoms with Crippen LogP contribution < -0.4 is 5.43 Å². The molecule has 0 aliphatic carbocycles. The molecule has 0 aliphatic rings. The van der Waals surface area contributed by atoms with Crippen molar-refractivity contribution in [3.8, 4) is 0 Å². The fraction of sp³-hybridized carbons (Fsp3) is 0. The molecule has 0 heterocycles. The molecule has 19 heavy (non-hydrogen) atoms. The summed E-state index contributed by atoms with van der Waals surface area (Å²) in [5.41, 5.74) is 4.29. The maximum atomic E-state index is 11.1. The lowest BCUT2D eigenvalue weighted by Crippen LogP contribution is -2.02. The number of aromatic carboxylic acids is 1. The van der Waals surface area contributed by atoms with Gasteiger partial charge in [-0.1, -0.05) is 46.3 Å². The minimum absolute atomic E-state index is 0.166. The maximum Gasteiger partial charge on any atom is 0.337 e. The highest BCUT2D eigenvalue weighted by Gasteiger charge is 2.09. The van der Waals surface area contributed by atoms with E-state index < -0.39 is 5.97 Å². The number of nitrogens with one attached hydrogen (secondary N) is 1. The molecule has 96 valence electrons. The van der Waals surface area contributed by atoms with Crippen molar-refractivity contribution in [2.24, 2.45) is 5.10 Å². The Hall–Kier alpha value is -2.14. The predicted molar refractivity (Wildman–Crippen MR) is 78.8 cm³/mol. The molecule has 2 aromatic carbocycles. The average Bonchev–Trinajstić information content (AvgIpc) is 2.41. The van der Waals surface area contributed by atoms with Crippen LogP contribution in [0.1, 0.15) is 15.9 Å². The van der Waals surface area contributed by atoms with E-state index in [1.807, 2.05) is 30.3 Å². The smallest absolute Gasteiger partial charge is 0.337 e. The van der Waals surface area contributed by atoms with Gasteiger partial charge < -0.3 is 5.11 Å². The van der Waals surface area contributed by atoms with Crippen LogP contribution in [0.15, 0.2) is 58.1 Å². The number of hydrogen-bond acceptors (Lipinski definition) is 3. The SMILES string of the molecule is O=C(O)c1cc(Br)ccc1N/N=C\c1ccccc1. The largest absolute Gasteiger partial charge is 0.478 e. The summed E-state index contributed by atoms with van der Waals surface area (Å²) >= 11 is 3.24. The van der Waals surface area contributed by atoms with E-state index in [0.29, 0.717) is 10.2 Å². The topological polar surface area (TPSA) is 61.7 Å². The molecule has 2 N–H and O–H groups in total. The van der Waals surface area contributed by atoms with Gasteiger partial charge in [0, 0.05) is 4.47 Å². The van der Waals surface area contributed by atoms with E-state index in [-0.39, 0.29) is 5.56 Å². The summed E-state index contributed by atoms with van der Waals surface area (Å²) in [6.07, 6.45) is 1.63. The van der Waals surface area contributed by atoms with Crippen molar-refractivity contribution in [1.82, 2.24) is 0 Å². The van der Waals surface area contributed by atoms with Crippen LogP contribution in [0.3, 0.4) is 0 Å². The van der Waals surface area contributed by atoms with Gasteiger partial charge in [-0.25, -0.2) is 4.79 Å². The van der Waals surface area contributed by atoms with Crippen molar-refractivity contribution in [2.45, 2.75) is 0 Å². The minimum atomic E-state index is -1.00. The molecule has 5 heteroatoms. The van der Waals surface area contributed by atoms with E-state index in [1.54, 1.807) is 18.3 Å². The van der Waals surface area contributed by atoms with Crippen LogP contribution in [0.2, 0.25) is 0 Å². The highest BCUT2D eigenvalue weighted by molar-refractivity contribution is 9.10. The van der Waals surface area contributed by atoms with Crippen molar-refractivity contribution in [1.29, 1.82) is 0 Å². The minimum Gasteiger partial charge on any atom is -0.478 e. The Balaban J connectivity index is 2.16. The zero-order chi connectivity index (χ0) is 13.7. The molecule has 0 bridgehead atoms. The van der Waals surface area contributed by atoms with E-state index >= 15 is 0 Å². The molecule has 4 nitrogen and oxygen atoms in total. The van der Waals surface area contributed by atoms with Gasteiger partial charge in [-0.15, -0.1) is 0 Å². The molecule has 0 saturated carbocycles. The van der Waals surface area contributed by atoms with E-state index in [2.05, 4.69) is 26.5 Å². The number of carboxylic acid groups (broad SMARTS) is 1. The highest BCUT2D eigenvalue weighted by atomic mass is 79.9. The Bertz CT molecular complexity index is 612. The fourth-order valence-corrected chi connectivity index (χ4v) is 1.87. The molecule has 0 aromatic heterocycles. The summed E-state index contributed by atoms with van der Waals surface area (Å²) in [5.74, 6) is -1.00. The normalized spacial score (nSPS) is 10.6. The number of hydrogen-bond donors (Lipinski definition) is 2. The lowest BCUT2D eigenvalue weighted by molar-refractivity contribution is 0.0698. The average molecular weight is 319 g/mol. The number of rotatable bonds is 4. The maximum absolute atomic E-state index is 11.1. The van der Waals surface area contributed by atoms with Gasteiger partial charge in [0.1, 0.15) is 0 Å². The Morgan fingerprint density at radius 1 is 1.21 bits per heavy atom. The summed E-state index contributed by atoms with van der Waals surface area (Å²) in [4.78, 5) is 11.1. The molecular weight excluding hydrogens is 308 g/mol. The third kappa shape index (κ3) is 3.66. The van der Waals surface area contributed by atoms with Gasteiger partial charge in [-0.05, 0) is 23.8 Å². The molecule has 0 saturated heterocycles. The van der Waals surface area contributed by atoms with E-state index in [4.69, 9.17) is 5.11 Å². The van der Waals surface area contributed by atoms with Crippen molar-refractivity contribution in [2.75, 3.05) is 5.43 Å². The van der Waals surface area contributed by atoms with Gasteiger partial charge in [0.15, 0.2) is 0 Å². The fourth-order valence-electron chi connectivity index (χ4n) is 1.51. The molecule has 2 aromatic rings. The monoisotopic (exact) mass is 318 g/mol. The Kier molecular flexibility index (Phi) is 4.30. The first-order valence-corrected chi connectivity index (χ1v) is 6.33. The standard InChI is InChI=1S/C14H11BrN2O2/c15-11-6-7-13(12(8-11)14(18)19)17-16-9-10-4-2-1-3-5-10/h1-9,17H,(H,18,19)/b16-9-. The Morgan fingerprint density at radius 3 is 2.63 bits per heavy atom. The summed E-state index contributed by atoms with van der Waals surface area (Å²) in [6.45, 7) is 0. The van der Waals surface area contributed by atoms with Gasteiger partial charge in [-0.3, -0.25) is 5.43 Å². The molecule has 0 aliphatic heterocycles. The number of carbonyl (C=O) groups is 1. The van der Waals surface area contributed by atoms with Crippen LogP contribution in [0.4, 0.5) is 5.69 Å². The van der Waals surface area contributed by atoms with Crippen LogP contribution in [-0.4, -0.2) is 17.3 Å². The number of halogens is 1. The lowest BCUT2D eigenvalue weighted by Gasteiger charge is -2.05. The van der Waals surface area contributed by atoms with Crippen molar-refractivity contribution >= 4 is 33.8 Å². The van der Waals surface area contributed by atoms with Crippen LogP contribution in [0, 0.1) is 0 Å². The molecule has 0 fully saturated rings. The number of nitrogens with zero attached hydrogens (tertiary/aromatic N) is 1. The second-order valence-corrected chi connectivity index (χ2v) is 4.69. The van der Waals surface area contributed by atoms with Crippen molar-refractivity contribution < 1.29 is 9.90 Å². The second-order valence-electron chi connectivity index (χ2n) is 3.78. The molecule has 2 rings (SSSR count). The molecule has 0 radical (unpaired) electrons. The predicted octanol–water partition coefficient (Wildman–Crippen LogP) is 3.59. The van der Waals surface area contributed by atoms with Crippen LogP contribution in [-0.2, 0) is 0 Å². The van der Waals surface area contributed by atoms with E-state index in [0.717, 1.165) is 5.56 Å². The number of hydrazone groups is 1. The van der Waals surface area contributed by atoms with Crippen molar-refractivity contribution in [3.05, 3.63) is 64.1 Å². The molecule has 0 amide bonds. The zero-order valence-electron chi connectivity index (χ0n) is 9.88. The summed E-state index contributed by atoms with van der Waals surface area (Å²) < 4.78 is 0.711. The summed E-state index contributed by atoms with van der Waals surface area (Å²) in [7, 11) is 0. The van der Waals surface area contributed by atoms with Crippen molar-refractivity contribution in [3.63, 3.8) is 0 Å². The first-order valence-electron chi connectivity index (χ1n) is 5.54.